The van der Waals surface area contributed by atoms with Crippen LogP contribution in [0, 0.1) is 0 Å². The van der Waals surface area contributed by atoms with Crippen molar-refractivity contribution < 1.29 is 28.5 Å². The van der Waals surface area contributed by atoms with Gasteiger partial charge in [0.25, 0.3) is 11.8 Å². The molecule has 0 radical (unpaired) electrons. The van der Waals surface area contributed by atoms with Gasteiger partial charge in [-0.25, -0.2) is 0 Å². The first-order valence-corrected chi connectivity index (χ1v) is 16.7. The van der Waals surface area contributed by atoms with Crippen molar-refractivity contribution in [2.24, 2.45) is 4.99 Å². The summed E-state index contributed by atoms with van der Waals surface area (Å²) in [7, 11) is 3.15. The largest absolute Gasteiger partial charge is 0.493 e. The van der Waals surface area contributed by atoms with Crippen LogP contribution in [-0.2, 0) is 25.9 Å². The molecule has 4 aromatic rings. The highest BCUT2D eigenvalue weighted by molar-refractivity contribution is 6.03. The van der Waals surface area contributed by atoms with Crippen molar-refractivity contribution in [2.45, 2.75) is 44.4 Å². The molecule has 9 heteroatoms. The first-order valence-electron chi connectivity index (χ1n) is 16.7. The number of carbonyl (C=O) groups is 2. The number of methoxy groups -OCH3 is 2. The maximum Gasteiger partial charge on any atom is 0.257 e. The molecule has 0 N–H and O–H groups in total. The lowest BCUT2D eigenvalue weighted by Gasteiger charge is -2.34. The van der Waals surface area contributed by atoms with E-state index < -0.39 is 0 Å². The molecular weight excluding hydrogens is 618 g/mol. The quantitative estimate of drug-likeness (QED) is 0.203. The Morgan fingerprint density at radius 2 is 1.22 bits per heavy atom. The minimum absolute atomic E-state index is 0.00475. The third kappa shape index (κ3) is 5.69. The average Bonchev–Trinajstić information content (AvgIpc) is 3.35. The minimum Gasteiger partial charge on any atom is -0.493 e. The fraction of sp³-hybridized carbons (Fsp3) is 0.275. The van der Waals surface area contributed by atoms with Crippen molar-refractivity contribution in [3.63, 3.8) is 0 Å². The van der Waals surface area contributed by atoms with Crippen LogP contribution in [0.3, 0.4) is 0 Å². The molecule has 4 aromatic carbocycles. The molecule has 4 heterocycles. The zero-order valence-electron chi connectivity index (χ0n) is 27.6. The molecule has 4 aliphatic heterocycles. The molecule has 2 atom stereocenters. The fourth-order valence-corrected chi connectivity index (χ4v) is 7.23. The molecule has 0 aromatic heterocycles. The molecular formula is C40H37N3O6. The SMILES string of the molecule is COc1cc2c(cc1OCCCOc1cc3c(cc1OC)C(=O)N1Cc4ccccc4C[C@H]1C=N3)C=C[C@H]1Cc3ccccc3CN1C2=O. The van der Waals surface area contributed by atoms with Crippen LogP contribution in [0.5, 0.6) is 23.0 Å². The third-order valence-corrected chi connectivity index (χ3v) is 9.86. The van der Waals surface area contributed by atoms with E-state index in [1.165, 1.54) is 16.7 Å². The molecule has 8 rings (SSSR count). The van der Waals surface area contributed by atoms with Crippen LogP contribution in [0.2, 0.25) is 0 Å². The summed E-state index contributed by atoms with van der Waals surface area (Å²) in [6, 6.07) is 23.6. The lowest BCUT2D eigenvalue weighted by Crippen LogP contribution is -2.44. The molecule has 0 aliphatic carbocycles. The predicted molar refractivity (Wildman–Crippen MR) is 186 cm³/mol. The van der Waals surface area contributed by atoms with E-state index in [4.69, 9.17) is 23.9 Å². The first kappa shape index (κ1) is 30.7. The molecule has 49 heavy (non-hydrogen) atoms. The molecule has 248 valence electrons. The van der Waals surface area contributed by atoms with Gasteiger partial charge in [-0.1, -0.05) is 60.7 Å². The van der Waals surface area contributed by atoms with Crippen molar-refractivity contribution in [1.29, 1.82) is 0 Å². The third-order valence-electron chi connectivity index (χ3n) is 9.86. The molecule has 0 bridgehead atoms. The molecule has 0 fully saturated rings. The monoisotopic (exact) mass is 655 g/mol. The summed E-state index contributed by atoms with van der Waals surface area (Å²) in [5.41, 5.74) is 7.33. The minimum atomic E-state index is -0.111. The summed E-state index contributed by atoms with van der Waals surface area (Å²) in [4.78, 5) is 35.9. The van der Waals surface area contributed by atoms with E-state index in [-0.39, 0.29) is 23.9 Å². The van der Waals surface area contributed by atoms with E-state index in [1.54, 1.807) is 32.4 Å². The highest BCUT2D eigenvalue weighted by Crippen LogP contribution is 2.39. The molecule has 0 saturated carbocycles. The second-order valence-corrected chi connectivity index (χ2v) is 12.7. The Balaban J connectivity index is 0.933. The maximum absolute atomic E-state index is 13.7. The van der Waals surface area contributed by atoms with Crippen LogP contribution in [-0.4, -0.2) is 67.3 Å². The Kier molecular flexibility index (Phi) is 8.03. The van der Waals surface area contributed by atoms with E-state index in [9.17, 15) is 9.59 Å². The van der Waals surface area contributed by atoms with E-state index >= 15 is 0 Å². The Hall–Kier alpha value is -5.57. The second kappa shape index (κ2) is 12.8. The summed E-state index contributed by atoms with van der Waals surface area (Å²) < 4.78 is 23.6. The lowest BCUT2D eigenvalue weighted by atomic mass is 9.94. The van der Waals surface area contributed by atoms with Crippen LogP contribution in [0.1, 0.15) is 55.0 Å². The van der Waals surface area contributed by atoms with Crippen LogP contribution in [0.4, 0.5) is 5.69 Å². The van der Waals surface area contributed by atoms with Gasteiger partial charge in [-0.2, -0.15) is 0 Å². The van der Waals surface area contributed by atoms with E-state index in [2.05, 4.69) is 36.4 Å². The Morgan fingerprint density at radius 3 is 1.88 bits per heavy atom. The summed E-state index contributed by atoms with van der Waals surface area (Å²) in [6.07, 6.45) is 8.08. The number of benzene rings is 4. The van der Waals surface area contributed by atoms with Crippen molar-refractivity contribution in [1.82, 2.24) is 9.80 Å². The van der Waals surface area contributed by atoms with Gasteiger partial charge in [0.2, 0.25) is 0 Å². The van der Waals surface area contributed by atoms with Crippen molar-refractivity contribution in [3.05, 3.63) is 118 Å². The molecule has 2 amide bonds. The topological polar surface area (TPSA) is 89.9 Å². The van der Waals surface area contributed by atoms with Gasteiger partial charge < -0.3 is 28.7 Å². The van der Waals surface area contributed by atoms with Crippen LogP contribution < -0.4 is 18.9 Å². The summed E-state index contributed by atoms with van der Waals surface area (Å²) in [5.74, 6) is 1.97. The van der Waals surface area contributed by atoms with Gasteiger partial charge in [0.1, 0.15) is 0 Å². The first-order chi connectivity index (χ1) is 24.0. The van der Waals surface area contributed by atoms with Crippen molar-refractivity contribution in [3.8, 4) is 23.0 Å². The van der Waals surface area contributed by atoms with Gasteiger partial charge in [0.15, 0.2) is 23.0 Å². The molecule has 0 saturated heterocycles. The number of hydrogen-bond acceptors (Lipinski definition) is 7. The number of ether oxygens (including phenoxy) is 4. The number of nitrogens with zero attached hydrogens (tertiary/aromatic N) is 3. The number of amides is 2. The van der Waals surface area contributed by atoms with Gasteiger partial charge in [-0.3, -0.25) is 14.6 Å². The van der Waals surface area contributed by atoms with Crippen LogP contribution in [0.25, 0.3) is 6.08 Å². The maximum atomic E-state index is 13.7. The highest BCUT2D eigenvalue weighted by Gasteiger charge is 2.34. The number of carbonyl (C=O) groups excluding carboxylic acids is 2. The van der Waals surface area contributed by atoms with Gasteiger partial charge in [0, 0.05) is 31.8 Å². The lowest BCUT2D eigenvalue weighted by molar-refractivity contribution is 0.0682. The van der Waals surface area contributed by atoms with Gasteiger partial charge in [0.05, 0.1) is 56.3 Å². The van der Waals surface area contributed by atoms with Gasteiger partial charge >= 0.3 is 0 Å². The zero-order chi connectivity index (χ0) is 33.5. The van der Waals surface area contributed by atoms with E-state index in [0.29, 0.717) is 72.5 Å². The van der Waals surface area contributed by atoms with Gasteiger partial charge in [-0.15, -0.1) is 0 Å². The number of aliphatic imine (C=N–C) groups is 1. The summed E-state index contributed by atoms with van der Waals surface area (Å²) in [5, 5.41) is 0. The average molecular weight is 656 g/mol. The number of rotatable bonds is 8. The Labute approximate surface area is 285 Å². The fourth-order valence-electron chi connectivity index (χ4n) is 7.23. The molecule has 4 aliphatic rings. The summed E-state index contributed by atoms with van der Waals surface area (Å²) in [6.45, 7) is 1.83. The molecule has 9 nitrogen and oxygen atoms in total. The normalized spacial score (nSPS) is 18.6. The summed E-state index contributed by atoms with van der Waals surface area (Å²) >= 11 is 0. The standard InChI is InChI=1S/C40H37N3O6/c1-46-35-19-32-27(12-13-30-16-25-8-3-5-10-28(25)23-42(30)39(32)44)18-37(35)48-14-7-15-49-38-21-34-33(20-36(38)47-2)40(45)43-24-29-11-6-4-9-26(29)17-31(43)22-41-34/h3-6,8-13,18-22,30-31H,7,14-17,23-24H2,1-2H3/t30-,31-/m0/s1. The van der Waals surface area contributed by atoms with Gasteiger partial charge in [-0.05, 0) is 58.9 Å². The van der Waals surface area contributed by atoms with Crippen molar-refractivity contribution in [2.75, 3.05) is 27.4 Å². The Morgan fingerprint density at radius 1 is 0.673 bits per heavy atom. The Bertz CT molecular complexity index is 1880. The van der Waals surface area contributed by atoms with Crippen molar-refractivity contribution >= 4 is 29.8 Å². The smallest absolute Gasteiger partial charge is 0.257 e. The number of hydrogen-bond donors (Lipinski definition) is 0. The van der Waals surface area contributed by atoms with Crippen LogP contribution in [0.15, 0.2) is 83.9 Å². The second-order valence-electron chi connectivity index (χ2n) is 12.7. The molecule has 0 unspecified atom stereocenters. The molecule has 0 spiro atoms. The van der Waals surface area contributed by atoms with E-state index in [1.807, 2.05) is 46.4 Å². The van der Waals surface area contributed by atoms with E-state index in [0.717, 1.165) is 24.0 Å². The highest BCUT2D eigenvalue weighted by atomic mass is 16.5. The predicted octanol–water partition coefficient (Wildman–Crippen LogP) is 6.43. The van der Waals surface area contributed by atoms with Crippen LogP contribution >= 0.6 is 0 Å². The zero-order valence-corrected chi connectivity index (χ0v) is 27.6. The number of fused-ring (bicyclic) bond motifs is 6.